The summed E-state index contributed by atoms with van der Waals surface area (Å²) in [6.07, 6.45) is 46.2. The van der Waals surface area contributed by atoms with Crippen LogP contribution >= 0.6 is 0 Å². The van der Waals surface area contributed by atoms with E-state index in [1.54, 1.807) is 6.08 Å². The van der Waals surface area contributed by atoms with E-state index in [-0.39, 0.29) is 18.9 Å². The summed E-state index contributed by atoms with van der Waals surface area (Å²) in [6.45, 7) is 2.81. The van der Waals surface area contributed by atoms with E-state index >= 15 is 0 Å². The minimum atomic E-state index is -1.79. The third-order valence-electron chi connectivity index (χ3n) is 16.1. The van der Waals surface area contributed by atoms with Crippen molar-refractivity contribution < 1.29 is 64.6 Å². The van der Waals surface area contributed by atoms with E-state index in [1.165, 1.54) is 199 Å². The van der Waals surface area contributed by atoms with Gasteiger partial charge in [0.1, 0.15) is 48.8 Å². The SMILES string of the molecule is CCCCCCCCCCCCCCC/C=C/CC/C=C/CC/C=C/C(O)C(COC1OC(CO)C(OC2OC(CO)C(O)C(O)C2O)C(O)C1O)NC(=O)CCCCCCCCCCCCCCCCCCCCCCCC. The maximum absolute atomic E-state index is 13.3. The van der Waals surface area contributed by atoms with Gasteiger partial charge in [-0.2, -0.15) is 0 Å². The Morgan fingerprint density at radius 3 is 1.24 bits per heavy atom. The highest BCUT2D eigenvalue weighted by Crippen LogP contribution is 2.30. The van der Waals surface area contributed by atoms with Gasteiger partial charge in [-0.3, -0.25) is 4.79 Å². The molecule has 0 saturated carbocycles. The van der Waals surface area contributed by atoms with E-state index in [0.29, 0.717) is 12.8 Å². The summed E-state index contributed by atoms with van der Waals surface area (Å²) in [7, 11) is 0. The highest BCUT2D eigenvalue weighted by Gasteiger charge is 2.51. The predicted octanol–water partition coefficient (Wildman–Crippen LogP) is 12.2. The fraction of sp³-hybridized carbons (Fsp3) is 0.892. The zero-order valence-electron chi connectivity index (χ0n) is 50.1. The maximum atomic E-state index is 13.3. The van der Waals surface area contributed by atoms with Gasteiger partial charge in [-0.05, 0) is 44.9 Å². The smallest absolute Gasteiger partial charge is 0.220 e. The number of hydrogen-bond acceptors (Lipinski definition) is 13. The summed E-state index contributed by atoms with van der Waals surface area (Å²) in [5.74, 6) is -0.248. The number of aliphatic hydroxyl groups is 8. The Hall–Kier alpha value is -1.79. The lowest BCUT2D eigenvalue weighted by Gasteiger charge is -2.46. The number of amides is 1. The van der Waals surface area contributed by atoms with Crippen molar-refractivity contribution in [1.82, 2.24) is 5.32 Å². The van der Waals surface area contributed by atoms with Crippen LogP contribution in [0.5, 0.6) is 0 Å². The van der Waals surface area contributed by atoms with Crippen LogP contribution in [-0.2, 0) is 23.7 Å². The lowest BCUT2D eigenvalue weighted by Crippen LogP contribution is -2.65. The monoisotopic (exact) mass is 1120 g/mol. The molecule has 12 unspecified atom stereocenters. The zero-order chi connectivity index (χ0) is 57.4. The number of ether oxygens (including phenoxy) is 4. The van der Waals surface area contributed by atoms with Gasteiger partial charge in [0.05, 0.1) is 32.0 Å². The average Bonchev–Trinajstić information content (AvgIpc) is 3.48. The van der Waals surface area contributed by atoms with Gasteiger partial charge in [0.15, 0.2) is 12.6 Å². The second-order valence-corrected chi connectivity index (χ2v) is 23.2. The molecule has 464 valence electrons. The molecule has 2 fully saturated rings. The van der Waals surface area contributed by atoms with Crippen LogP contribution in [0.4, 0.5) is 0 Å². The number of aliphatic hydroxyl groups excluding tert-OH is 8. The van der Waals surface area contributed by atoms with Crippen LogP contribution in [-0.4, -0.2) is 140 Å². The lowest BCUT2D eigenvalue weighted by atomic mass is 9.97. The second kappa shape index (κ2) is 50.7. The largest absolute Gasteiger partial charge is 0.394 e. The van der Waals surface area contributed by atoms with Crippen LogP contribution in [0.15, 0.2) is 36.5 Å². The summed E-state index contributed by atoms with van der Waals surface area (Å²) in [4.78, 5) is 13.3. The third-order valence-corrected chi connectivity index (χ3v) is 16.1. The number of carbonyl (C=O) groups is 1. The van der Waals surface area contributed by atoms with Crippen molar-refractivity contribution in [2.45, 2.75) is 351 Å². The minimum absolute atomic E-state index is 0.248. The molecule has 2 saturated heterocycles. The molecule has 14 nitrogen and oxygen atoms in total. The third kappa shape index (κ3) is 35.8. The predicted molar refractivity (Wildman–Crippen MR) is 318 cm³/mol. The molecule has 1 amide bonds. The van der Waals surface area contributed by atoms with E-state index in [1.807, 2.05) is 6.08 Å². The normalized spacial score (nSPS) is 24.6. The molecule has 2 heterocycles. The van der Waals surface area contributed by atoms with Crippen LogP contribution in [0.3, 0.4) is 0 Å². The van der Waals surface area contributed by atoms with Crippen molar-refractivity contribution in [2.75, 3.05) is 19.8 Å². The first-order chi connectivity index (χ1) is 38.6. The number of unbranched alkanes of at least 4 members (excludes halogenated alkanes) is 36. The zero-order valence-corrected chi connectivity index (χ0v) is 50.1. The molecule has 0 bridgehead atoms. The second-order valence-electron chi connectivity index (χ2n) is 23.2. The van der Waals surface area contributed by atoms with Gasteiger partial charge in [0.2, 0.25) is 5.91 Å². The Morgan fingerprint density at radius 1 is 0.443 bits per heavy atom. The molecule has 14 heteroatoms. The van der Waals surface area contributed by atoms with Crippen molar-refractivity contribution in [3.8, 4) is 0 Å². The van der Waals surface area contributed by atoms with Crippen LogP contribution in [0.1, 0.15) is 277 Å². The standard InChI is InChI=1S/C65H121NO13/c1-3-5-7-9-11-13-15-17-19-21-23-25-27-28-30-32-34-36-38-40-42-44-46-48-54(69)53(52-76-64-62(75)60(73)63(56(51-68)78-64)79-65-61(74)59(72)58(71)55(50-67)77-65)66-57(70)49-47-45-43-41-39-37-35-33-31-29-26-24-22-20-18-16-14-12-10-8-6-4-2/h30,32,38,40,46,48,53-56,58-65,67-69,71-75H,3-29,31,33-37,39,41-45,47,49-52H2,1-2H3,(H,66,70)/b32-30+,40-38+,48-46+. The highest BCUT2D eigenvalue weighted by molar-refractivity contribution is 5.76. The van der Waals surface area contributed by atoms with Crippen molar-refractivity contribution in [1.29, 1.82) is 0 Å². The molecule has 12 atom stereocenters. The van der Waals surface area contributed by atoms with E-state index < -0.39 is 86.8 Å². The summed E-state index contributed by atoms with van der Waals surface area (Å²) >= 11 is 0. The van der Waals surface area contributed by atoms with E-state index in [4.69, 9.17) is 18.9 Å². The molecule has 79 heavy (non-hydrogen) atoms. The number of carbonyl (C=O) groups excluding carboxylic acids is 1. The number of allylic oxidation sites excluding steroid dienone is 5. The molecule has 0 spiro atoms. The molecule has 9 N–H and O–H groups in total. The molecular formula is C65H121NO13. The van der Waals surface area contributed by atoms with E-state index in [9.17, 15) is 45.6 Å². The van der Waals surface area contributed by atoms with E-state index in [2.05, 4.69) is 43.5 Å². The highest BCUT2D eigenvalue weighted by atomic mass is 16.7. The van der Waals surface area contributed by atoms with Crippen molar-refractivity contribution in [3.63, 3.8) is 0 Å². The van der Waals surface area contributed by atoms with Crippen molar-refractivity contribution >= 4 is 5.91 Å². The van der Waals surface area contributed by atoms with Gasteiger partial charge < -0.3 is 65.1 Å². The van der Waals surface area contributed by atoms with E-state index in [0.717, 1.165) is 44.9 Å². The topological polar surface area (TPSA) is 228 Å². The summed E-state index contributed by atoms with van der Waals surface area (Å²) < 4.78 is 22.8. The summed E-state index contributed by atoms with van der Waals surface area (Å²) in [5.41, 5.74) is 0. The summed E-state index contributed by atoms with van der Waals surface area (Å²) in [6, 6.07) is -0.936. The molecule has 2 aliphatic rings. The van der Waals surface area contributed by atoms with Gasteiger partial charge in [-0.25, -0.2) is 0 Å². The lowest BCUT2D eigenvalue weighted by molar-refractivity contribution is -0.359. The Kier molecular flexibility index (Phi) is 47.0. The molecule has 2 rings (SSSR count). The fourth-order valence-electron chi connectivity index (χ4n) is 10.8. The Bertz CT molecular complexity index is 1460. The van der Waals surface area contributed by atoms with Gasteiger partial charge in [0.25, 0.3) is 0 Å². The van der Waals surface area contributed by atoms with Gasteiger partial charge in [-0.15, -0.1) is 0 Å². The van der Waals surface area contributed by atoms with Crippen molar-refractivity contribution in [2.24, 2.45) is 0 Å². The van der Waals surface area contributed by atoms with Crippen LogP contribution in [0.2, 0.25) is 0 Å². The molecule has 0 aliphatic carbocycles. The molecule has 0 aromatic rings. The quantitative estimate of drug-likeness (QED) is 0.0204. The Labute approximate surface area is 481 Å². The number of nitrogens with one attached hydrogen (secondary N) is 1. The van der Waals surface area contributed by atoms with Gasteiger partial charge >= 0.3 is 0 Å². The van der Waals surface area contributed by atoms with Crippen LogP contribution in [0.25, 0.3) is 0 Å². The van der Waals surface area contributed by atoms with Gasteiger partial charge in [-0.1, -0.05) is 262 Å². The average molecular weight is 1120 g/mol. The molecule has 2 aliphatic heterocycles. The van der Waals surface area contributed by atoms with Gasteiger partial charge in [0, 0.05) is 6.42 Å². The Morgan fingerprint density at radius 2 is 0.810 bits per heavy atom. The maximum Gasteiger partial charge on any atom is 0.220 e. The molecular weight excluding hydrogens is 1000 g/mol. The minimum Gasteiger partial charge on any atom is -0.394 e. The molecule has 0 aromatic heterocycles. The molecule has 0 radical (unpaired) electrons. The molecule has 0 aromatic carbocycles. The Balaban J connectivity index is 1.75. The first kappa shape index (κ1) is 73.3. The first-order valence-corrected chi connectivity index (χ1v) is 32.7. The van der Waals surface area contributed by atoms with Crippen molar-refractivity contribution in [3.05, 3.63) is 36.5 Å². The first-order valence-electron chi connectivity index (χ1n) is 32.7. The van der Waals surface area contributed by atoms with Crippen LogP contribution < -0.4 is 5.32 Å². The van der Waals surface area contributed by atoms with Crippen LogP contribution in [0, 0.1) is 0 Å². The summed E-state index contributed by atoms with van der Waals surface area (Å²) in [5, 5.41) is 87.2. The fourth-order valence-corrected chi connectivity index (χ4v) is 10.8. The number of rotatable bonds is 53. The number of hydrogen-bond donors (Lipinski definition) is 9.